The van der Waals surface area contributed by atoms with E-state index in [1.165, 1.54) is 16.0 Å². The number of carbonyl (C=O) groups excluding carboxylic acids is 1. The Hall–Kier alpha value is -1.65. The van der Waals surface area contributed by atoms with Gasteiger partial charge in [-0.25, -0.2) is 0 Å². The largest absolute Gasteiger partial charge is 0.348 e. The first kappa shape index (κ1) is 17.7. The zero-order valence-electron chi connectivity index (χ0n) is 13.7. The number of rotatable bonds is 7. The molecule has 3 nitrogen and oxygen atoms in total. The molecule has 2 rings (SSSR count). The summed E-state index contributed by atoms with van der Waals surface area (Å²) in [6.45, 7) is 8.18. The van der Waals surface area contributed by atoms with Crippen LogP contribution in [-0.2, 0) is 13.1 Å². The van der Waals surface area contributed by atoms with Gasteiger partial charge in [-0.05, 0) is 37.6 Å². The molecule has 0 saturated carbocycles. The van der Waals surface area contributed by atoms with Crippen LogP contribution in [0.25, 0.3) is 0 Å². The molecule has 2 aromatic carbocycles. The van der Waals surface area contributed by atoms with E-state index >= 15 is 0 Å². The van der Waals surface area contributed by atoms with E-state index in [0.29, 0.717) is 12.1 Å². The maximum Gasteiger partial charge on any atom is 0.251 e. The molecule has 122 valence electrons. The highest BCUT2D eigenvalue weighted by atomic mass is 79.9. The van der Waals surface area contributed by atoms with E-state index < -0.39 is 0 Å². The summed E-state index contributed by atoms with van der Waals surface area (Å²) in [5.41, 5.74) is 3.17. The fourth-order valence-corrected chi connectivity index (χ4v) is 2.98. The number of quaternary nitrogens is 1. The van der Waals surface area contributed by atoms with Crippen molar-refractivity contribution in [3.8, 4) is 0 Å². The van der Waals surface area contributed by atoms with Crippen LogP contribution >= 0.6 is 15.9 Å². The van der Waals surface area contributed by atoms with Gasteiger partial charge in [-0.2, -0.15) is 0 Å². The molecule has 0 radical (unpaired) electrons. The molecule has 0 bridgehead atoms. The van der Waals surface area contributed by atoms with Crippen molar-refractivity contribution in [3.63, 3.8) is 0 Å². The molecule has 0 saturated heterocycles. The summed E-state index contributed by atoms with van der Waals surface area (Å²) in [6.07, 6.45) is 0. The normalized spacial score (nSPS) is 10.8. The minimum Gasteiger partial charge on any atom is -0.348 e. The summed E-state index contributed by atoms with van der Waals surface area (Å²) in [4.78, 5) is 13.8. The lowest BCUT2D eigenvalue weighted by Gasteiger charge is -2.18. The lowest BCUT2D eigenvalue weighted by atomic mass is 10.1. The van der Waals surface area contributed by atoms with Gasteiger partial charge in [-0.15, -0.1) is 0 Å². The molecule has 0 spiro atoms. The summed E-state index contributed by atoms with van der Waals surface area (Å²) < 4.78 is 0.913. The van der Waals surface area contributed by atoms with Gasteiger partial charge in [0.15, 0.2) is 0 Å². The zero-order valence-corrected chi connectivity index (χ0v) is 15.3. The summed E-state index contributed by atoms with van der Waals surface area (Å²) >= 11 is 3.40. The Morgan fingerprint density at radius 3 is 2.39 bits per heavy atom. The SMILES string of the molecule is CC[NH+](CC)Cc1ccccc1CNC(=O)c1cccc(Br)c1. The summed E-state index contributed by atoms with van der Waals surface area (Å²) in [5.74, 6) is -0.0451. The molecule has 2 N–H and O–H groups in total. The van der Waals surface area contributed by atoms with Crippen molar-refractivity contribution < 1.29 is 9.69 Å². The smallest absolute Gasteiger partial charge is 0.251 e. The van der Waals surface area contributed by atoms with E-state index in [1.807, 2.05) is 30.3 Å². The number of carbonyl (C=O) groups is 1. The van der Waals surface area contributed by atoms with Crippen molar-refractivity contribution in [3.05, 3.63) is 69.7 Å². The second-order valence-electron chi connectivity index (χ2n) is 5.60. The van der Waals surface area contributed by atoms with Crippen molar-refractivity contribution in [2.45, 2.75) is 26.9 Å². The van der Waals surface area contributed by atoms with Gasteiger partial charge in [-0.3, -0.25) is 4.79 Å². The zero-order chi connectivity index (χ0) is 16.7. The average molecular weight is 376 g/mol. The molecule has 0 heterocycles. The fourth-order valence-electron chi connectivity index (χ4n) is 2.58. The van der Waals surface area contributed by atoms with E-state index in [9.17, 15) is 4.79 Å². The molecule has 0 aromatic heterocycles. The minimum absolute atomic E-state index is 0.0451. The van der Waals surface area contributed by atoms with E-state index in [1.54, 1.807) is 0 Å². The third kappa shape index (κ3) is 5.19. The van der Waals surface area contributed by atoms with Crippen molar-refractivity contribution in [2.24, 2.45) is 0 Å². The predicted octanol–water partition coefficient (Wildman–Crippen LogP) is 2.80. The van der Waals surface area contributed by atoms with E-state index in [4.69, 9.17) is 0 Å². The Morgan fingerprint density at radius 2 is 1.74 bits per heavy atom. The topological polar surface area (TPSA) is 33.5 Å². The maximum atomic E-state index is 12.3. The van der Waals surface area contributed by atoms with Crippen LogP contribution in [-0.4, -0.2) is 19.0 Å². The quantitative estimate of drug-likeness (QED) is 0.766. The second-order valence-corrected chi connectivity index (χ2v) is 6.51. The van der Waals surface area contributed by atoms with Crippen molar-refractivity contribution in [1.29, 1.82) is 0 Å². The number of amides is 1. The lowest BCUT2D eigenvalue weighted by molar-refractivity contribution is -0.910. The number of hydrogen-bond donors (Lipinski definition) is 2. The van der Waals surface area contributed by atoms with Crippen LogP contribution in [0.15, 0.2) is 53.0 Å². The molecule has 0 aliphatic heterocycles. The van der Waals surface area contributed by atoms with Gasteiger partial charge in [0, 0.05) is 22.1 Å². The van der Waals surface area contributed by atoms with Gasteiger partial charge in [-0.1, -0.05) is 46.3 Å². The molecule has 1 amide bonds. The van der Waals surface area contributed by atoms with Crippen LogP contribution < -0.4 is 10.2 Å². The van der Waals surface area contributed by atoms with Crippen LogP contribution in [0.3, 0.4) is 0 Å². The number of hydrogen-bond acceptors (Lipinski definition) is 1. The van der Waals surface area contributed by atoms with Gasteiger partial charge in [0.25, 0.3) is 5.91 Å². The molecule has 0 unspecified atom stereocenters. The lowest BCUT2D eigenvalue weighted by Crippen LogP contribution is -3.10. The molecule has 23 heavy (non-hydrogen) atoms. The summed E-state index contributed by atoms with van der Waals surface area (Å²) in [7, 11) is 0. The molecule has 0 atom stereocenters. The Kier molecular flexibility index (Phi) is 6.81. The standard InChI is InChI=1S/C19H23BrN2O/c1-3-22(4-2)14-17-9-6-5-8-16(17)13-21-19(23)15-10-7-11-18(20)12-15/h5-12H,3-4,13-14H2,1-2H3,(H,21,23)/p+1. The predicted molar refractivity (Wildman–Crippen MR) is 97.5 cm³/mol. The van der Waals surface area contributed by atoms with Crippen LogP contribution in [0.2, 0.25) is 0 Å². The molecule has 0 aliphatic carbocycles. The third-order valence-electron chi connectivity index (χ3n) is 4.09. The number of halogens is 1. The van der Waals surface area contributed by atoms with E-state index in [-0.39, 0.29) is 5.91 Å². The van der Waals surface area contributed by atoms with Crippen LogP contribution in [0.5, 0.6) is 0 Å². The molecule has 0 aliphatic rings. The first-order valence-corrected chi connectivity index (χ1v) is 8.87. The molecule has 2 aromatic rings. The highest BCUT2D eigenvalue weighted by Crippen LogP contribution is 2.12. The molecule has 0 fully saturated rings. The Morgan fingerprint density at radius 1 is 1.04 bits per heavy atom. The van der Waals surface area contributed by atoms with Gasteiger partial charge < -0.3 is 10.2 Å². The summed E-state index contributed by atoms with van der Waals surface area (Å²) in [5, 5.41) is 3.02. The highest BCUT2D eigenvalue weighted by molar-refractivity contribution is 9.10. The Balaban J connectivity index is 2.04. The Bertz CT molecular complexity index is 653. The van der Waals surface area contributed by atoms with Crippen LogP contribution in [0, 0.1) is 0 Å². The van der Waals surface area contributed by atoms with Crippen LogP contribution in [0.4, 0.5) is 0 Å². The average Bonchev–Trinajstić information content (AvgIpc) is 2.58. The molecule has 4 heteroatoms. The Labute approximate surface area is 146 Å². The van der Waals surface area contributed by atoms with Crippen molar-refractivity contribution in [2.75, 3.05) is 13.1 Å². The van der Waals surface area contributed by atoms with Gasteiger partial charge >= 0.3 is 0 Å². The van der Waals surface area contributed by atoms with Gasteiger partial charge in [0.05, 0.1) is 13.1 Å². The van der Waals surface area contributed by atoms with Gasteiger partial charge in [0.2, 0.25) is 0 Å². The minimum atomic E-state index is -0.0451. The first-order valence-electron chi connectivity index (χ1n) is 8.08. The van der Waals surface area contributed by atoms with Gasteiger partial charge in [0.1, 0.15) is 6.54 Å². The number of nitrogens with one attached hydrogen (secondary N) is 2. The third-order valence-corrected chi connectivity index (χ3v) is 4.58. The van der Waals surface area contributed by atoms with E-state index in [0.717, 1.165) is 24.1 Å². The first-order chi connectivity index (χ1) is 11.1. The maximum absolute atomic E-state index is 12.3. The van der Waals surface area contributed by atoms with E-state index in [2.05, 4.69) is 53.3 Å². The summed E-state index contributed by atoms with van der Waals surface area (Å²) in [6, 6.07) is 15.8. The molecular weight excluding hydrogens is 352 g/mol. The van der Waals surface area contributed by atoms with Crippen molar-refractivity contribution in [1.82, 2.24) is 5.32 Å². The second kappa shape index (κ2) is 8.85. The highest BCUT2D eigenvalue weighted by Gasteiger charge is 2.11. The number of benzene rings is 2. The van der Waals surface area contributed by atoms with Crippen molar-refractivity contribution >= 4 is 21.8 Å². The molecular formula is C19H24BrN2O+. The van der Waals surface area contributed by atoms with Crippen LogP contribution in [0.1, 0.15) is 35.3 Å². The fraction of sp³-hybridized carbons (Fsp3) is 0.316. The monoisotopic (exact) mass is 375 g/mol.